The van der Waals surface area contributed by atoms with E-state index in [1.807, 2.05) is 0 Å². The molecule has 0 aliphatic carbocycles. The van der Waals surface area contributed by atoms with Gasteiger partial charge in [-0.1, -0.05) is 64.0 Å². The van der Waals surface area contributed by atoms with Gasteiger partial charge in [-0.25, -0.2) is 0 Å². The first kappa shape index (κ1) is 24.6. The molecule has 0 radical (unpaired) electrons. The van der Waals surface area contributed by atoms with Crippen LogP contribution in [0.3, 0.4) is 0 Å². The maximum absolute atomic E-state index is 9.87. The highest BCUT2D eigenvalue weighted by Crippen LogP contribution is 2.21. The molecule has 1 fully saturated rings. The monoisotopic (exact) mass is 386 g/mol. The summed E-state index contributed by atoms with van der Waals surface area (Å²) >= 11 is 0. The predicted octanol–water partition coefficient (Wildman–Crippen LogP) is 3.74. The Morgan fingerprint density at radius 3 is 2.19 bits per heavy atom. The largest absolute Gasteiger partial charge is 0.394 e. The van der Waals surface area contributed by atoms with Crippen LogP contribution < -0.4 is 0 Å². The van der Waals surface area contributed by atoms with Gasteiger partial charge in [-0.3, -0.25) is 0 Å². The van der Waals surface area contributed by atoms with Gasteiger partial charge in [0.2, 0.25) is 0 Å². The Morgan fingerprint density at radius 2 is 1.56 bits per heavy atom. The molecule has 1 heterocycles. The second-order valence-corrected chi connectivity index (χ2v) is 7.68. The SMILES string of the molecule is CCCCCCCCCC/C=C/CCCCO[C@@H]1[C@H]([C@@H](O)CO)OC[C@H]1O. The molecular weight excluding hydrogens is 344 g/mol. The Balaban J connectivity index is 1.93. The molecule has 1 saturated heterocycles. The predicted molar refractivity (Wildman–Crippen MR) is 109 cm³/mol. The maximum Gasteiger partial charge on any atom is 0.114 e. The van der Waals surface area contributed by atoms with Crippen LogP contribution in [-0.4, -0.2) is 59.6 Å². The topological polar surface area (TPSA) is 79.2 Å². The molecule has 0 saturated carbocycles. The number of hydrogen-bond donors (Lipinski definition) is 3. The number of ether oxygens (including phenoxy) is 2. The molecule has 27 heavy (non-hydrogen) atoms. The van der Waals surface area contributed by atoms with Gasteiger partial charge < -0.3 is 24.8 Å². The zero-order chi connectivity index (χ0) is 19.7. The smallest absolute Gasteiger partial charge is 0.114 e. The van der Waals surface area contributed by atoms with Crippen molar-refractivity contribution in [2.45, 2.75) is 108 Å². The quantitative estimate of drug-likeness (QED) is 0.262. The average Bonchev–Trinajstić information content (AvgIpc) is 3.04. The van der Waals surface area contributed by atoms with Crippen LogP contribution in [0.25, 0.3) is 0 Å². The molecule has 1 rings (SSSR count). The van der Waals surface area contributed by atoms with Crippen molar-refractivity contribution in [2.75, 3.05) is 19.8 Å². The molecular formula is C22H42O5. The van der Waals surface area contributed by atoms with Gasteiger partial charge in [0, 0.05) is 6.61 Å². The summed E-state index contributed by atoms with van der Waals surface area (Å²) in [5.41, 5.74) is 0. The van der Waals surface area contributed by atoms with E-state index in [9.17, 15) is 10.2 Å². The Labute approximate surface area is 165 Å². The van der Waals surface area contributed by atoms with E-state index in [1.165, 1.54) is 57.8 Å². The molecule has 5 heteroatoms. The van der Waals surface area contributed by atoms with Crippen LogP contribution >= 0.6 is 0 Å². The van der Waals surface area contributed by atoms with Crippen LogP contribution in [0, 0.1) is 0 Å². The number of rotatable bonds is 17. The Kier molecular flexibility index (Phi) is 15.0. The third kappa shape index (κ3) is 11.2. The number of allylic oxidation sites excluding steroid dienone is 2. The number of aliphatic hydroxyl groups is 3. The minimum Gasteiger partial charge on any atom is -0.394 e. The van der Waals surface area contributed by atoms with Crippen molar-refractivity contribution in [1.29, 1.82) is 0 Å². The summed E-state index contributed by atoms with van der Waals surface area (Å²) in [5, 5.41) is 28.6. The van der Waals surface area contributed by atoms with E-state index in [0.29, 0.717) is 6.61 Å². The molecule has 0 bridgehead atoms. The molecule has 0 amide bonds. The first-order valence-electron chi connectivity index (χ1n) is 11.1. The highest BCUT2D eigenvalue weighted by atomic mass is 16.6. The number of hydrogen-bond acceptors (Lipinski definition) is 5. The zero-order valence-corrected chi connectivity index (χ0v) is 17.2. The van der Waals surface area contributed by atoms with E-state index >= 15 is 0 Å². The van der Waals surface area contributed by atoms with Crippen LogP contribution in [-0.2, 0) is 9.47 Å². The lowest BCUT2D eigenvalue weighted by Gasteiger charge is -2.23. The molecule has 0 aromatic carbocycles. The van der Waals surface area contributed by atoms with Gasteiger partial charge in [-0.15, -0.1) is 0 Å². The third-order valence-electron chi connectivity index (χ3n) is 5.20. The van der Waals surface area contributed by atoms with Crippen molar-refractivity contribution in [1.82, 2.24) is 0 Å². The Hall–Kier alpha value is -0.460. The van der Waals surface area contributed by atoms with E-state index < -0.39 is 24.4 Å². The van der Waals surface area contributed by atoms with Gasteiger partial charge in [-0.2, -0.15) is 0 Å². The summed E-state index contributed by atoms with van der Waals surface area (Å²) in [5.74, 6) is 0. The van der Waals surface area contributed by atoms with E-state index in [-0.39, 0.29) is 13.2 Å². The number of aliphatic hydroxyl groups excluding tert-OH is 3. The van der Waals surface area contributed by atoms with Gasteiger partial charge in [0.25, 0.3) is 0 Å². The standard InChI is InChI=1S/C22H42O5/c1-2-3-4-5-6-7-8-9-10-11-12-13-14-15-16-26-22-20(25)18-27-21(22)19(24)17-23/h11-12,19-25H,2-10,13-18H2,1H3/b12-11+/t19-,20+,21-,22-/m0/s1. The van der Waals surface area contributed by atoms with E-state index in [1.54, 1.807) is 0 Å². The lowest BCUT2D eigenvalue weighted by atomic mass is 10.1. The summed E-state index contributed by atoms with van der Waals surface area (Å²) in [6.07, 6.45) is 16.7. The molecule has 0 spiro atoms. The molecule has 0 unspecified atom stereocenters. The lowest BCUT2D eigenvalue weighted by molar-refractivity contribution is -0.0937. The van der Waals surface area contributed by atoms with Crippen molar-refractivity contribution < 1.29 is 24.8 Å². The van der Waals surface area contributed by atoms with Crippen LogP contribution in [0.15, 0.2) is 12.2 Å². The van der Waals surface area contributed by atoms with Crippen molar-refractivity contribution in [2.24, 2.45) is 0 Å². The molecule has 5 nitrogen and oxygen atoms in total. The van der Waals surface area contributed by atoms with Gasteiger partial charge in [0.15, 0.2) is 0 Å². The first-order valence-corrected chi connectivity index (χ1v) is 11.1. The van der Waals surface area contributed by atoms with Crippen LogP contribution in [0.4, 0.5) is 0 Å². The molecule has 0 aromatic heterocycles. The highest BCUT2D eigenvalue weighted by Gasteiger charge is 2.40. The fourth-order valence-electron chi connectivity index (χ4n) is 3.47. The van der Waals surface area contributed by atoms with Crippen molar-refractivity contribution in [3.63, 3.8) is 0 Å². The lowest BCUT2D eigenvalue weighted by Crippen LogP contribution is -2.42. The summed E-state index contributed by atoms with van der Waals surface area (Å²) in [7, 11) is 0. The molecule has 0 aromatic rings. The minimum absolute atomic E-state index is 0.147. The van der Waals surface area contributed by atoms with Gasteiger partial charge >= 0.3 is 0 Å². The van der Waals surface area contributed by atoms with Crippen molar-refractivity contribution >= 4 is 0 Å². The minimum atomic E-state index is -1.01. The van der Waals surface area contributed by atoms with Crippen LogP contribution in [0.1, 0.15) is 84.0 Å². The summed E-state index contributed by atoms with van der Waals surface area (Å²) in [4.78, 5) is 0. The maximum atomic E-state index is 9.87. The summed E-state index contributed by atoms with van der Waals surface area (Å²) < 4.78 is 11.0. The molecule has 1 aliphatic rings. The van der Waals surface area contributed by atoms with Crippen LogP contribution in [0.2, 0.25) is 0 Å². The fourth-order valence-corrected chi connectivity index (χ4v) is 3.47. The van der Waals surface area contributed by atoms with E-state index in [4.69, 9.17) is 14.6 Å². The Bertz CT molecular complexity index is 361. The normalized spacial score (nSPS) is 24.1. The van der Waals surface area contributed by atoms with E-state index in [2.05, 4.69) is 19.1 Å². The summed E-state index contributed by atoms with van der Waals surface area (Å²) in [6, 6.07) is 0. The molecule has 1 aliphatic heterocycles. The van der Waals surface area contributed by atoms with Gasteiger partial charge in [-0.05, 0) is 32.1 Å². The third-order valence-corrected chi connectivity index (χ3v) is 5.20. The van der Waals surface area contributed by atoms with Gasteiger partial charge in [0.1, 0.15) is 24.4 Å². The fraction of sp³-hybridized carbons (Fsp3) is 0.909. The van der Waals surface area contributed by atoms with E-state index in [0.717, 1.165) is 19.3 Å². The second-order valence-electron chi connectivity index (χ2n) is 7.68. The summed E-state index contributed by atoms with van der Waals surface area (Å²) in [6.45, 7) is 2.55. The molecule has 4 atom stereocenters. The van der Waals surface area contributed by atoms with Gasteiger partial charge in [0.05, 0.1) is 13.2 Å². The van der Waals surface area contributed by atoms with Crippen molar-refractivity contribution in [3.05, 3.63) is 12.2 Å². The first-order chi connectivity index (χ1) is 13.2. The number of unbranched alkanes of at least 4 members (excludes halogenated alkanes) is 10. The van der Waals surface area contributed by atoms with Crippen molar-refractivity contribution in [3.8, 4) is 0 Å². The second kappa shape index (κ2) is 16.5. The molecule has 160 valence electrons. The molecule has 3 N–H and O–H groups in total. The van der Waals surface area contributed by atoms with Crippen LogP contribution in [0.5, 0.6) is 0 Å². The average molecular weight is 387 g/mol. The zero-order valence-electron chi connectivity index (χ0n) is 17.2. The Morgan fingerprint density at radius 1 is 0.963 bits per heavy atom. The highest BCUT2D eigenvalue weighted by molar-refractivity contribution is 4.89.